The molecular formula is C8H17NO4. The van der Waals surface area contributed by atoms with Crippen LogP contribution in [0.2, 0.25) is 0 Å². The number of aliphatic hydroxyl groups excluding tert-OH is 1. The van der Waals surface area contributed by atoms with Gasteiger partial charge >= 0.3 is 0 Å². The van der Waals surface area contributed by atoms with Gasteiger partial charge in [0.05, 0.1) is 12.1 Å². The fourth-order valence-corrected chi connectivity index (χ4v) is 1.65. The molecule has 0 aromatic heterocycles. The quantitative estimate of drug-likeness (QED) is 0.590. The molecule has 78 valence electrons. The van der Waals surface area contributed by atoms with Crippen molar-refractivity contribution in [1.82, 2.24) is 0 Å². The van der Waals surface area contributed by atoms with Gasteiger partial charge in [-0.05, 0) is 6.92 Å². The van der Waals surface area contributed by atoms with Crippen LogP contribution < -0.4 is 5.73 Å². The molecule has 0 unspecified atom stereocenters. The zero-order valence-electron chi connectivity index (χ0n) is 8.14. The van der Waals surface area contributed by atoms with Crippen LogP contribution in [0.5, 0.6) is 0 Å². The summed E-state index contributed by atoms with van der Waals surface area (Å²) in [7, 11) is 3.11. The molecule has 0 aromatic rings. The van der Waals surface area contributed by atoms with Crippen LogP contribution in [-0.2, 0) is 14.2 Å². The zero-order chi connectivity index (χ0) is 10.0. The Balaban J connectivity index is 2.71. The number of aliphatic hydroxyl groups is 1. The first-order chi connectivity index (χ1) is 6.11. The Morgan fingerprint density at radius 3 is 2.23 bits per heavy atom. The third-order valence-electron chi connectivity index (χ3n) is 2.39. The smallest absolute Gasteiger partial charge is 0.172 e. The van der Waals surface area contributed by atoms with Gasteiger partial charge in [0.2, 0.25) is 0 Å². The maximum atomic E-state index is 9.38. The number of hydrogen-bond donors (Lipinski definition) is 2. The van der Waals surface area contributed by atoms with Gasteiger partial charge in [0.1, 0.15) is 12.2 Å². The zero-order valence-corrected chi connectivity index (χ0v) is 8.14. The Bertz CT molecular complexity index is 166. The minimum absolute atomic E-state index is 0.218. The lowest BCUT2D eigenvalue weighted by Gasteiger charge is -2.41. The predicted molar refractivity (Wildman–Crippen MR) is 46.1 cm³/mol. The van der Waals surface area contributed by atoms with Crippen LogP contribution in [0, 0.1) is 0 Å². The fourth-order valence-electron chi connectivity index (χ4n) is 1.65. The second-order valence-corrected chi connectivity index (χ2v) is 3.21. The molecule has 0 radical (unpaired) electrons. The van der Waals surface area contributed by atoms with Crippen molar-refractivity contribution in [3.8, 4) is 0 Å². The first kappa shape index (κ1) is 10.9. The average molecular weight is 191 g/mol. The Kier molecular flexibility index (Phi) is 3.63. The molecule has 1 heterocycles. The second-order valence-electron chi connectivity index (χ2n) is 3.21. The number of nitrogens with two attached hydrogens (primary N) is 1. The van der Waals surface area contributed by atoms with Gasteiger partial charge in [0, 0.05) is 14.2 Å². The Labute approximate surface area is 77.8 Å². The number of hydrogen-bond acceptors (Lipinski definition) is 5. The van der Waals surface area contributed by atoms with E-state index in [2.05, 4.69) is 0 Å². The van der Waals surface area contributed by atoms with Crippen LogP contribution in [0.25, 0.3) is 0 Å². The van der Waals surface area contributed by atoms with Crippen molar-refractivity contribution in [2.45, 2.75) is 37.6 Å². The summed E-state index contributed by atoms with van der Waals surface area (Å²) in [5, 5.41) is 9.38. The third-order valence-corrected chi connectivity index (χ3v) is 2.39. The third kappa shape index (κ3) is 2.00. The standard InChI is InChI=1S/C8H17NO4/c1-4-6(11-2)7(12-3)5(9)8(10)13-4/h4-8,10H,9H2,1-3H3/t4-,5+,6+,7-,8+/m1/s1. The first-order valence-electron chi connectivity index (χ1n) is 4.26. The van der Waals surface area contributed by atoms with E-state index in [-0.39, 0.29) is 18.3 Å². The first-order valence-corrected chi connectivity index (χ1v) is 4.26. The molecule has 5 atom stereocenters. The molecule has 0 aliphatic carbocycles. The van der Waals surface area contributed by atoms with Crippen molar-refractivity contribution in [1.29, 1.82) is 0 Å². The van der Waals surface area contributed by atoms with E-state index in [9.17, 15) is 5.11 Å². The highest BCUT2D eigenvalue weighted by molar-refractivity contribution is 4.91. The fraction of sp³-hybridized carbons (Fsp3) is 1.00. The van der Waals surface area contributed by atoms with E-state index in [0.717, 1.165) is 0 Å². The summed E-state index contributed by atoms with van der Waals surface area (Å²) < 4.78 is 15.5. The van der Waals surface area contributed by atoms with Gasteiger partial charge in [-0.1, -0.05) is 0 Å². The molecule has 0 saturated carbocycles. The van der Waals surface area contributed by atoms with Crippen molar-refractivity contribution in [3.63, 3.8) is 0 Å². The van der Waals surface area contributed by atoms with E-state index in [1.54, 1.807) is 14.2 Å². The SMILES string of the molecule is CO[C@@H]1[C@H](N)[C@@H](O)O[C@H](C)[C@@H]1OC. The normalized spacial score (nSPS) is 46.4. The van der Waals surface area contributed by atoms with Crippen LogP contribution >= 0.6 is 0 Å². The van der Waals surface area contributed by atoms with E-state index < -0.39 is 12.3 Å². The average Bonchev–Trinajstić information content (AvgIpc) is 2.10. The van der Waals surface area contributed by atoms with Gasteiger partial charge in [-0.3, -0.25) is 0 Å². The van der Waals surface area contributed by atoms with Crippen molar-refractivity contribution in [3.05, 3.63) is 0 Å². The lowest BCUT2D eigenvalue weighted by atomic mass is 9.98. The van der Waals surface area contributed by atoms with Crippen molar-refractivity contribution in [2.24, 2.45) is 5.73 Å². The minimum Gasteiger partial charge on any atom is -0.377 e. The molecule has 0 amide bonds. The van der Waals surface area contributed by atoms with Crippen molar-refractivity contribution >= 4 is 0 Å². The highest BCUT2D eigenvalue weighted by atomic mass is 16.6. The van der Waals surface area contributed by atoms with Crippen LogP contribution in [0.4, 0.5) is 0 Å². The summed E-state index contributed by atoms with van der Waals surface area (Å²) in [4.78, 5) is 0. The summed E-state index contributed by atoms with van der Waals surface area (Å²) in [6.45, 7) is 1.81. The molecule has 1 aliphatic rings. The van der Waals surface area contributed by atoms with E-state index in [0.29, 0.717) is 0 Å². The number of methoxy groups -OCH3 is 2. The Hall–Kier alpha value is -0.200. The van der Waals surface area contributed by atoms with Crippen LogP contribution in [0.3, 0.4) is 0 Å². The molecule has 1 saturated heterocycles. The largest absolute Gasteiger partial charge is 0.377 e. The van der Waals surface area contributed by atoms with Crippen LogP contribution in [-0.4, -0.2) is 50.0 Å². The van der Waals surface area contributed by atoms with Gasteiger partial charge in [-0.15, -0.1) is 0 Å². The molecule has 0 aromatic carbocycles. The highest BCUT2D eigenvalue weighted by Gasteiger charge is 2.42. The molecule has 0 bridgehead atoms. The summed E-state index contributed by atoms with van der Waals surface area (Å²) in [5.74, 6) is 0. The van der Waals surface area contributed by atoms with E-state index in [4.69, 9.17) is 19.9 Å². The van der Waals surface area contributed by atoms with Crippen molar-refractivity contribution in [2.75, 3.05) is 14.2 Å². The molecule has 5 nitrogen and oxygen atoms in total. The van der Waals surface area contributed by atoms with Gasteiger partial charge < -0.3 is 25.1 Å². The van der Waals surface area contributed by atoms with Gasteiger partial charge in [-0.25, -0.2) is 0 Å². The maximum Gasteiger partial charge on any atom is 0.172 e. The van der Waals surface area contributed by atoms with Gasteiger partial charge in [0.25, 0.3) is 0 Å². The molecule has 1 fully saturated rings. The Morgan fingerprint density at radius 2 is 1.77 bits per heavy atom. The summed E-state index contributed by atoms with van der Waals surface area (Å²) in [6, 6.07) is -0.564. The Morgan fingerprint density at radius 1 is 1.23 bits per heavy atom. The van der Waals surface area contributed by atoms with E-state index >= 15 is 0 Å². The lowest BCUT2D eigenvalue weighted by Crippen LogP contribution is -2.61. The maximum absolute atomic E-state index is 9.38. The van der Waals surface area contributed by atoms with Gasteiger partial charge in [0.15, 0.2) is 6.29 Å². The molecular weight excluding hydrogens is 174 g/mol. The highest BCUT2D eigenvalue weighted by Crippen LogP contribution is 2.22. The van der Waals surface area contributed by atoms with Crippen LogP contribution in [0.1, 0.15) is 6.92 Å². The monoisotopic (exact) mass is 191 g/mol. The lowest BCUT2D eigenvalue weighted by molar-refractivity contribution is -0.247. The van der Waals surface area contributed by atoms with Gasteiger partial charge in [-0.2, -0.15) is 0 Å². The molecule has 5 heteroatoms. The number of ether oxygens (including phenoxy) is 3. The molecule has 3 N–H and O–H groups in total. The second kappa shape index (κ2) is 4.34. The summed E-state index contributed by atoms with van der Waals surface area (Å²) in [6.07, 6.45) is -1.76. The number of rotatable bonds is 2. The summed E-state index contributed by atoms with van der Waals surface area (Å²) in [5.41, 5.74) is 5.68. The van der Waals surface area contributed by atoms with Crippen LogP contribution in [0.15, 0.2) is 0 Å². The molecule has 13 heavy (non-hydrogen) atoms. The van der Waals surface area contributed by atoms with E-state index in [1.165, 1.54) is 0 Å². The molecule has 1 aliphatic heterocycles. The minimum atomic E-state index is -0.980. The molecule has 1 rings (SSSR count). The van der Waals surface area contributed by atoms with E-state index in [1.807, 2.05) is 6.92 Å². The predicted octanol–water partition coefficient (Wildman–Crippen LogP) is -0.919. The molecule has 0 spiro atoms. The topological polar surface area (TPSA) is 73.9 Å². The summed E-state index contributed by atoms with van der Waals surface area (Å²) >= 11 is 0. The van der Waals surface area contributed by atoms with Crippen molar-refractivity contribution < 1.29 is 19.3 Å².